The molecule has 4 nitrogen and oxygen atoms in total. The predicted molar refractivity (Wildman–Crippen MR) is 99.1 cm³/mol. The Hall–Kier alpha value is -2.49. The first-order valence-electron chi connectivity index (χ1n) is 9.11. The molecule has 1 amide bonds. The summed E-state index contributed by atoms with van der Waals surface area (Å²) in [5.74, 6) is 0.509. The second kappa shape index (κ2) is 6.79. The fourth-order valence-corrected chi connectivity index (χ4v) is 3.90. The molecule has 130 valence electrons. The first-order valence-corrected chi connectivity index (χ1v) is 9.11. The number of rotatable bonds is 3. The van der Waals surface area contributed by atoms with Crippen LogP contribution >= 0.6 is 0 Å². The van der Waals surface area contributed by atoms with Gasteiger partial charge in [-0.3, -0.25) is 4.79 Å². The second-order valence-corrected chi connectivity index (χ2v) is 7.02. The molecule has 2 aromatic rings. The van der Waals surface area contributed by atoms with Gasteiger partial charge in [-0.25, -0.2) is 0 Å². The SMILES string of the molecule is O=C(Cc1ccc2c(c1)CCC2)N1CCN(c2ccc(O)cc2)CC1. The molecule has 4 rings (SSSR count). The van der Waals surface area contributed by atoms with Gasteiger partial charge < -0.3 is 14.9 Å². The van der Waals surface area contributed by atoms with Crippen LogP contribution in [0.2, 0.25) is 0 Å². The molecule has 4 heteroatoms. The normalized spacial score (nSPS) is 16.8. The number of anilines is 1. The number of nitrogens with zero attached hydrogens (tertiary/aromatic N) is 2. The largest absolute Gasteiger partial charge is 0.508 e. The van der Waals surface area contributed by atoms with Crippen molar-refractivity contribution in [1.82, 2.24) is 4.90 Å². The van der Waals surface area contributed by atoms with Crippen LogP contribution in [0.3, 0.4) is 0 Å². The third-order valence-electron chi connectivity index (χ3n) is 5.37. The zero-order valence-electron chi connectivity index (χ0n) is 14.4. The average Bonchev–Trinajstić information content (AvgIpc) is 3.10. The van der Waals surface area contributed by atoms with Crippen molar-refractivity contribution in [2.45, 2.75) is 25.7 Å². The maximum atomic E-state index is 12.6. The summed E-state index contributed by atoms with van der Waals surface area (Å²) in [6.45, 7) is 3.18. The van der Waals surface area contributed by atoms with Gasteiger partial charge in [0.15, 0.2) is 0 Å². The van der Waals surface area contributed by atoms with E-state index in [2.05, 4.69) is 23.1 Å². The summed E-state index contributed by atoms with van der Waals surface area (Å²) in [5.41, 5.74) is 5.14. The summed E-state index contributed by atoms with van der Waals surface area (Å²) in [4.78, 5) is 16.9. The zero-order valence-corrected chi connectivity index (χ0v) is 14.4. The van der Waals surface area contributed by atoms with Crippen LogP contribution in [0.4, 0.5) is 5.69 Å². The van der Waals surface area contributed by atoms with Crippen molar-refractivity contribution in [2.75, 3.05) is 31.1 Å². The fraction of sp³-hybridized carbons (Fsp3) is 0.381. The number of phenolic OH excluding ortho intramolecular Hbond substituents is 1. The van der Waals surface area contributed by atoms with E-state index in [0.29, 0.717) is 6.42 Å². The smallest absolute Gasteiger partial charge is 0.227 e. The predicted octanol–water partition coefficient (Wildman–Crippen LogP) is 2.77. The molecular formula is C21H24N2O2. The number of hydrogen-bond donors (Lipinski definition) is 1. The van der Waals surface area contributed by atoms with Gasteiger partial charge in [0.2, 0.25) is 5.91 Å². The second-order valence-electron chi connectivity index (χ2n) is 7.02. The topological polar surface area (TPSA) is 43.8 Å². The Morgan fingerprint density at radius 1 is 0.920 bits per heavy atom. The van der Waals surface area contributed by atoms with E-state index < -0.39 is 0 Å². The summed E-state index contributed by atoms with van der Waals surface area (Å²) >= 11 is 0. The number of carbonyl (C=O) groups is 1. The molecule has 25 heavy (non-hydrogen) atoms. The van der Waals surface area contributed by atoms with Gasteiger partial charge in [0.1, 0.15) is 5.75 Å². The Bertz CT molecular complexity index is 762. The van der Waals surface area contributed by atoms with Crippen LogP contribution in [-0.4, -0.2) is 42.1 Å². The summed E-state index contributed by atoms with van der Waals surface area (Å²) in [7, 11) is 0. The molecule has 0 bridgehead atoms. The van der Waals surface area contributed by atoms with Crippen LogP contribution < -0.4 is 4.90 Å². The number of hydrogen-bond acceptors (Lipinski definition) is 3. The molecule has 0 radical (unpaired) electrons. The minimum atomic E-state index is 0.225. The fourth-order valence-electron chi connectivity index (χ4n) is 3.90. The van der Waals surface area contributed by atoms with Crippen molar-refractivity contribution in [3.8, 4) is 5.75 Å². The molecule has 0 atom stereocenters. The quantitative estimate of drug-likeness (QED) is 0.937. The van der Waals surface area contributed by atoms with Gasteiger partial charge in [-0.05, 0) is 60.2 Å². The van der Waals surface area contributed by atoms with Crippen molar-refractivity contribution >= 4 is 11.6 Å². The molecule has 2 aromatic carbocycles. The Labute approximate surface area is 148 Å². The molecule has 1 N–H and O–H groups in total. The molecule has 1 fully saturated rings. The first kappa shape index (κ1) is 16.0. The monoisotopic (exact) mass is 336 g/mol. The van der Waals surface area contributed by atoms with E-state index in [1.54, 1.807) is 12.1 Å². The third kappa shape index (κ3) is 3.48. The number of piperazine rings is 1. The average molecular weight is 336 g/mol. The highest BCUT2D eigenvalue weighted by Gasteiger charge is 2.22. The van der Waals surface area contributed by atoms with E-state index in [9.17, 15) is 9.90 Å². The van der Waals surface area contributed by atoms with Gasteiger partial charge >= 0.3 is 0 Å². The van der Waals surface area contributed by atoms with E-state index in [4.69, 9.17) is 0 Å². The van der Waals surface area contributed by atoms with E-state index in [-0.39, 0.29) is 11.7 Å². The number of benzene rings is 2. The van der Waals surface area contributed by atoms with Gasteiger partial charge in [0, 0.05) is 31.9 Å². The van der Waals surface area contributed by atoms with Gasteiger partial charge in [0.05, 0.1) is 6.42 Å². The Morgan fingerprint density at radius 3 is 2.40 bits per heavy atom. The van der Waals surface area contributed by atoms with Crippen molar-refractivity contribution in [3.05, 3.63) is 59.2 Å². The number of aromatic hydroxyl groups is 1. The lowest BCUT2D eigenvalue weighted by Crippen LogP contribution is -2.49. The lowest BCUT2D eigenvalue weighted by atomic mass is 10.0. The van der Waals surface area contributed by atoms with Crippen LogP contribution in [0, 0.1) is 0 Å². The van der Waals surface area contributed by atoms with Crippen LogP contribution in [0.1, 0.15) is 23.1 Å². The zero-order chi connectivity index (χ0) is 17.2. The minimum Gasteiger partial charge on any atom is -0.508 e. The number of aryl methyl sites for hydroxylation is 2. The maximum Gasteiger partial charge on any atom is 0.227 e. The molecule has 2 aliphatic rings. The highest BCUT2D eigenvalue weighted by atomic mass is 16.3. The number of phenols is 1. The lowest BCUT2D eigenvalue weighted by molar-refractivity contribution is -0.130. The highest BCUT2D eigenvalue weighted by Crippen LogP contribution is 2.24. The standard InChI is InChI=1S/C21H24N2O2/c24-20-8-6-19(7-9-20)22-10-12-23(13-11-22)21(25)15-16-4-5-17-2-1-3-18(17)14-16/h4-9,14,24H,1-3,10-13,15H2. The summed E-state index contributed by atoms with van der Waals surface area (Å²) in [6.07, 6.45) is 4.09. The molecule has 0 spiro atoms. The summed E-state index contributed by atoms with van der Waals surface area (Å²) < 4.78 is 0. The van der Waals surface area contributed by atoms with Crippen LogP contribution in [0.15, 0.2) is 42.5 Å². The molecule has 0 aromatic heterocycles. The first-order chi connectivity index (χ1) is 12.2. The minimum absolute atomic E-state index is 0.225. The van der Waals surface area contributed by atoms with Gasteiger partial charge in [0.25, 0.3) is 0 Å². The van der Waals surface area contributed by atoms with E-state index in [1.807, 2.05) is 17.0 Å². The third-order valence-corrected chi connectivity index (χ3v) is 5.37. The van der Waals surface area contributed by atoms with Gasteiger partial charge in [-0.2, -0.15) is 0 Å². The number of amides is 1. The van der Waals surface area contributed by atoms with Crippen molar-refractivity contribution in [1.29, 1.82) is 0 Å². The molecular weight excluding hydrogens is 312 g/mol. The van der Waals surface area contributed by atoms with Crippen molar-refractivity contribution in [2.24, 2.45) is 0 Å². The van der Waals surface area contributed by atoms with Crippen molar-refractivity contribution < 1.29 is 9.90 Å². The van der Waals surface area contributed by atoms with Crippen LogP contribution in [-0.2, 0) is 24.1 Å². The Balaban J connectivity index is 1.34. The van der Waals surface area contributed by atoms with Gasteiger partial charge in [-0.15, -0.1) is 0 Å². The highest BCUT2D eigenvalue weighted by molar-refractivity contribution is 5.79. The Morgan fingerprint density at radius 2 is 1.64 bits per heavy atom. The summed E-state index contributed by atoms with van der Waals surface area (Å²) in [6, 6.07) is 13.8. The lowest BCUT2D eigenvalue weighted by Gasteiger charge is -2.36. The van der Waals surface area contributed by atoms with Crippen molar-refractivity contribution in [3.63, 3.8) is 0 Å². The molecule has 0 unspecified atom stereocenters. The van der Waals surface area contributed by atoms with Crippen LogP contribution in [0.5, 0.6) is 5.75 Å². The van der Waals surface area contributed by atoms with Gasteiger partial charge in [-0.1, -0.05) is 18.2 Å². The molecule has 1 heterocycles. The number of fused-ring (bicyclic) bond motifs is 1. The van der Waals surface area contributed by atoms with E-state index >= 15 is 0 Å². The maximum absolute atomic E-state index is 12.6. The Kier molecular flexibility index (Phi) is 4.35. The molecule has 1 aliphatic heterocycles. The summed E-state index contributed by atoms with van der Waals surface area (Å²) in [5, 5.41) is 9.40. The molecule has 1 aliphatic carbocycles. The number of carbonyl (C=O) groups excluding carboxylic acids is 1. The molecule has 1 saturated heterocycles. The van der Waals surface area contributed by atoms with E-state index in [1.165, 1.54) is 24.0 Å². The molecule has 0 saturated carbocycles. The van der Waals surface area contributed by atoms with E-state index in [0.717, 1.165) is 43.9 Å². The van der Waals surface area contributed by atoms with Crippen LogP contribution in [0.25, 0.3) is 0 Å².